The van der Waals surface area contributed by atoms with Crippen molar-refractivity contribution in [3.8, 4) is 5.88 Å². The molecule has 4 heterocycles. The van der Waals surface area contributed by atoms with E-state index in [4.69, 9.17) is 4.74 Å². The molecule has 10 heteroatoms. The van der Waals surface area contributed by atoms with Crippen molar-refractivity contribution in [3.05, 3.63) is 33.8 Å². The summed E-state index contributed by atoms with van der Waals surface area (Å²) in [5.41, 5.74) is 0.0655. The molecule has 2 amide bonds. The maximum absolute atomic E-state index is 13.1. The number of aromatic hydroxyl groups is 1. The molecule has 33 heavy (non-hydrogen) atoms. The minimum Gasteiger partial charge on any atom is -0.477 e. The maximum Gasteiger partial charge on any atom is 0.378 e. The molecule has 0 radical (unpaired) electrons. The molecule has 0 aromatic carbocycles. The molecule has 3 N–H and O–H groups in total. The van der Waals surface area contributed by atoms with Gasteiger partial charge in [-0.25, -0.2) is 9.89 Å². The first kappa shape index (κ1) is 21.7. The fraction of sp³-hybridized carbons (Fsp3) is 0.565. The number of amides is 2. The van der Waals surface area contributed by atoms with Crippen LogP contribution in [0.2, 0.25) is 0 Å². The molecule has 1 aliphatic carbocycles. The zero-order valence-electron chi connectivity index (χ0n) is 18.9. The molecule has 2 unspecified atom stereocenters. The molecular formula is C23H30N5O5+. The number of aromatic nitrogens is 3. The van der Waals surface area contributed by atoms with Crippen LogP contribution in [-0.2, 0) is 16.1 Å². The summed E-state index contributed by atoms with van der Waals surface area (Å²) in [7, 11) is 0. The molecule has 2 aromatic rings. The van der Waals surface area contributed by atoms with Crippen molar-refractivity contribution < 1.29 is 24.0 Å². The topological polar surface area (TPSA) is 120 Å². The summed E-state index contributed by atoms with van der Waals surface area (Å²) in [6, 6.07) is 0.0547. The summed E-state index contributed by atoms with van der Waals surface area (Å²) in [4.78, 5) is 40.4. The van der Waals surface area contributed by atoms with Gasteiger partial charge >= 0.3 is 17.1 Å². The number of ether oxygens (including phenoxy) is 1. The van der Waals surface area contributed by atoms with Gasteiger partial charge in [0, 0.05) is 25.2 Å². The molecule has 2 bridgehead atoms. The van der Waals surface area contributed by atoms with E-state index in [1.807, 2.05) is 13.8 Å². The van der Waals surface area contributed by atoms with Crippen LogP contribution in [0.1, 0.15) is 55.5 Å². The number of nitrogens with one attached hydrogen (secondary N) is 2. The van der Waals surface area contributed by atoms with E-state index in [0.717, 1.165) is 25.7 Å². The van der Waals surface area contributed by atoms with E-state index >= 15 is 0 Å². The fourth-order valence-corrected chi connectivity index (χ4v) is 4.67. The van der Waals surface area contributed by atoms with Gasteiger partial charge in [0.1, 0.15) is 0 Å². The minimum absolute atomic E-state index is 0.0547. The number of fused-ring (bicyclic) bond motifs is 3. The summed E-state index contributed by atoms with van der Waals surface area (Å²) >= 11 is 0. The Balaban J connectivity index is 1.50. The van der Waals surface area contributed by atoms with Crippen LogP contribution in [0.5, 0.6) is 5.88 Å². The highest BCUT2D eigenvalue weighted by atomic mass is 16.5. The highest BCUT2D eigenvalue weighted by molar-refractivity contribution is 5.96. The van der Waals surface area contributed by atoms with Gasteiger partial charge in [0.15, 0.2) is 0 Å². The Morgan fingerprint density at radius 1 is 1.27 bits per heavy atom. The summed E-state index contributed by atoms with van der Waals surface area (Å²) in [5, 5.41) is 16.6. The van der Waals surface area contributed by atoms with Gasteiger partial charge in [-0.3, -0.25) is 9.59 Å². The number of hydrogen-bond acceptors (Lipinski definition) is 5. The van der Waals surface area contributed by atoms with E-state index in [9.17, 15) is 19.5 Å². The van der Waals surface area contributed by atoms with Crippen molar-refractivity contribution in [2.75, 3.05) is 13.1 Å². The second-order valence-electron chi connectivity index (χ2n) is 9.68. The Hall–Kier alpha value is -3.14. The SMILES string of the molecule is CC(C)C[n+]1c(O)c(C(=O)NC2CC2)c(=O)n2[nH]cc(/C=C/C(=O)N3CC4CCC(C3)O4)c21. The van der Waals surface area contributed by atoms with Gasteiger partial charge in [0.05, 0.1) is 30.5 Å². The van der Waals surface area contributed by atoms with E-state index in [1.165, 1.54) is 10.6 Å². The van der Waals surface area contributed by atoms with Gasteiger partial charge in [-0.1, -0.05) is 18.4 Å². The van der Waals surface area contributed by atoms with Crippen molar-refractivity contribution in [1.29, 1.82) is 0 Å². The van der Waals surface area contributed by atoms with Crippen molar-refractivity contribution in [2.24, 2.45) is 5.92 Å². The van der Waals surface area contributed by atoms with E-state index in [0.29, 0.717) is 30.8 Å². The van der Waals surface area contributed by atoms with Crippen molar-refractivity contribution in [3.63, 3.8) is 0 Å². The minimum atomic E-state index is -0.628. The first-order valence-electron chi connectivity index (χ1n) is 11.6. The Labute approximate surface area is 190 Å². The molecule has 0 spiro atoms. The van der Waals surface area contributed by atoms with Crippen LogP contribution >= 0.6 is 0 Å². The lowest BCUT2D eigenvalue weighted by molar-refractivity contribution is -0.686. The first-order valence-corrected chi connectivity index (χ1v) is 11.6. The number of likely N-dealkylation sites (tertiary alicyclic amines) is 1. The van der Waals surface area contributed by atoms with Crippen LogP contribution in [0.3, 0.4) is 0 Å². The normalized spacial score (nSPS) is 22.6. The van der Waals surface area contributed by atoms with Crippen LogP contribution in [0.15, 0.2) is 17.1 Å². The number of nitrogens with zero attached hydrogens (tertiary/aromatic N) is 3. The summed E-state index contributed by atoms with van der Waals surface area (Å²) in [6.45, 7) is 5.52. The largest absolute Gasteiger partial charge is 0.477 e. The zero-order valence-corrected chi connectivity index (χ0v) is 18.9. The zero-order chi connectivity index (χ0) is 23.3. The molecule has 10 nitrogen and oxygen atoms in total. The van der Waals surface area contributed by atoms with Crippen molar-refractivity contribution in [2.45, 2.75) is 64.3 Å². The molecule has 3 aliphatic rings. The number of rotatable bonds is 6. The molecule has 2 aliphatic heterocycles. The lowest BCUT2D eigenvalue weighted by Crippen LogP contribution is -2.46. The molecule has 2 aromatic heterocycles. The van der Waals surface area contributed by atoms with E-state index in [1.54, 1.807) is 21.7 Å². The van der Waals surface area contributed by atoms with Gasteiger partial charge in [0.25, 0.3) is 5.91 Å². The standard InChI is InChI=1S/C23H29N5O5/c1-13(2)10-27-21-14(3-8-18(29)26-11-16-6-7-17(12-26)33-16)9-24-28(21)23(32)19(22(27)31)20(30)25-15-4-5-15/h3,8-9,13,15-17H,4-7,10-12H2,1-2H3,(H2,25,30,31,32)/p+1/b8-3+. The summed E-state index contributed by atoms with van der Waals surface area (Å²) < 4.78 is 8.61. The number of H-pyrrole nitrogens is 1. The molecule has 3 fully saturated rings. The molecule has 1 saturated carbocycles. The third-order valence-electron chi connectivity index (χ3n) is 6.42. The fourth-order valence-electron chi connectivity index (χ4n) is 4.67. The predicted octanol–water partition coefficient (Wildman–Crippen LogP) is 0.572. The third kappa shape index (κ3) is 4.15. The predicted molar refractivity (Wildman–Crippen MR) is 119 cm³/mol. The summed E-state index contributed by atoms with van der Waals surface area (Å²) in [5.74, 6) is -0.913. The second-order valence-corrected chi connectivity index (χ2v) is 9.68. The Bertz CT molecular complexity index is 1180. The number of carbonyl (C=O) groups excluding carboxylic acids is 2. The molecule has 176 valence electrons. The van der Waals surface area contributed by atoms with Crippen LogP contribution in [0, 0.1) is 5.92 Å². The monoisotopic (exact) mass is 456 g/mol. The molecule has 2 atom stereocenters. The van der Waals surface area contributed by atoms with E-state index < -0.39 is 11.5 Å². The Morgan fingerprint density at radius 3 is 2.61 bits per heavy atom. The van der Waals surface area contributed by atoms with Crippen LogP contribution in [-0.4, -0.2) is 62.8 Å². The van der Waals surface area contributed by atoms with Gasteiger partial charge in [-0.15, -0.1) is 0 Å². The number of carbonyl (C=O) groups is 2. The lowest BCUT2D eigenvalue weighted by Gasteiger charge is -2.31. The Morgan fingerprint density at radius 2 is 1.97 bits per heavy atom. The highest BCUT2D eigenvalue weighted by Crippen LogP contribution is 2.26. The molecule has 2 saturated heterocycles. The highest BCUT2D eigenvalue weighted by Gasteiger charge is 2.36. The quantitative estimate of drug-likeness (QED) is 0.434. The van der Waals surface area contributed by atoms with Crippen LogP contribution in [0.25, 0.3) is 11.7 Å². The average molecular weight is 457 g/mol. The van der Waals surface area contributed by atoms with Gasteiger partial charge in [-0.05, 0) is 37.7 Å². The summed E-state index contributed by atoms with van der Waals surface area (Å²) in [6.07, 6.45) is 8.66. The van der Waals surface area contributed by atoms with E-state index in [2.05, 4.69) is 10.4 Å². The average Bonchev–Trinajstić information content (AvgIpc) is 3.37. The van der Waals surface area contributed by atoms with E-state index in [-0.39, 0.29) is 41.5 Å². The third-order valence-corrected chi connectivity index (χ3v) is 6.42. The van der Waals surface area contributed by atoms with Crippen LogP contribution < -0.4 is 15.4 Å². The van der Waals surface area contributed by atoms with Crippen molar-refractivity contribution in [1.82, 2.24) is 19.8 Å². The lowest BCUT2D eigenvalue weighted by atomic mass is 10.2. The maximum atomic E-state index is 13.1. The van der Waals surface area contributed by atoms with Crippen LogP contribution in [0.4, 0.5) is 0 Å². The van der Waals surface area contributed by atoms with Gasteiger partial charge < -0.3 is 20.1 Å². The molecule has 5 rings (SSSR count). The Kier molecular flexibility index (Phi) is 5.48. The van der Waals surface area contributed by atoms with Gasteiger partial charge in [0.2, 0.25) is 11.5 Å². The number of aromatic amines is 1. The van der Waals surface area contributed by atoms with Crippen molar-refractivity contribution >= 4 is 23.5 Å². The first-order chi connectivity index (χ1) is 15.8. The second kappa shape index (κ2) is 8.33. The smallest absolute Gasteiger partial charge is 0.378 e. The number of morpholine rings is 1. The number of hydrogen-bond donors (Lipinski definition) is 3. The molecular weight excluding hydrogens is 426 g/mol. The van der Waals surface area contributed by atoms with Gasteiger partial charge in [-0.2, -0.15) is 4.57 Å².